The summed E-state index contributed by atoms with van der Waals surface area (Å²) in [5, 5.41) is 16.8. The van der Waals surface area contributed by atoms with Gasteiger partial charge in [0.15, 0.2) is 0 Å². The lowest BCUT2D eigenvalue weighted by molar-refractivity contribution is -0.132. The maximum Gasteiger partial charge on any atom is 0.346 e. The van der Waals surface area contributed by atoms with Gasteiger partial charge in [-0.1, -0.05) is 26.8 Å². The van der Waals surface area contributed by atoms with E-state index < -0.39 is 5.97 Å². The van der Waals surface area contributed by atoms with E-state index in [-0.39, 0.29) is 11.0 Å². The second-order valence-electron chi connectivity index (χ2n) is 3.34. The molecular formula is C8H11NO2. The van der Waals surface area contributed by atoms with Gasteiger partial charge in [-0.3, -0.25) is 0 Å². The Labute approximate surface area is 66.0 Å². The van der Waals surface area contributed by atoms with Crippen LogP contribution in [0.2, 0.25) is 0 Å². The maximum atomic E-state index is 10.3. The summed E-state index contributed by atoms with van der Waals surface area (Å²) >= 11 is 0. The first-order valence-corrected chi connectivity index (χ1v) is 3.23. The molecule has 60 valence electrons. The Bertz CT molecular complexity index is 227. The third-order valence-electron chi connectivity index (χ3n) is 0.928. The first kappa shape index (κ1) is 9.70. The summed E-state index contributed by atoms with van der Waals surface area (Å²) in [6.07, 6.45) is 1.44. The van der Waals surface area contributed by atoms with E-state index in [9.17, 15) is 4.79 Å². The number of aliphatic carboxylic acids is 1. The van der Waals surface area contributed by atoms with Gasteiger partial charge >= 0.3 is 5.97 Å². The molecule has 0 aliphatic heterocycles. The molecular weight excluding hydrogens is 142 g/mol. The van der Waals surface area contributed by atoms with Crippen LogP contribution in [-0.2, 0) is 4.79 Å². The monoisotopic (exact) mass is 153 g/mol. The minimum atomic E-state index is -1.16. The predicted octanol–water partition coefficient (Wildman–Crippen LogP) is 1.57. The summed E-state index contributed by atoms with van der Waals surface area (Å²) in [6.45, 7) is 5.52. The number of rotatable bonds is 1. The van der Waals surface area contributed by atoms with Crippen LogP contribution in [0.3, 0.4) is 0 Å². The van der Waals surface area contributed by atoms with E-state index in [0.29, 0.717) is 0 Å². The van der Waals surface area contributed by atoms with E-state index in [0.717, 1.165) is 0 Å². The van der Waals surface area contributed by atoms with Crippen LogP contribution < -0.4 is 0 Å². The molecule has 0 atom stereocenters. The largest absolute Gasteiger partial charge is 0.477 e. The van der Waals surface area contributed by atoms with Crippen molar-refractivity contribution >= 4 is 5.97 Å². The zero-order chi connectivity index (χ0) is 9.07. The van der Waals surface area contributed by atoms with Gasteiger partial charge in [0, 0.05) is 0 Å². The second kappa shape index (κ2) is 3.20. The van der Waals surface area contributed by atoms with Crippen LogP contribution in [0.4, 0.5) is 0 Å². The van der Waals surface area contributed by atoms with Gasteiger partial charge in [-0.25, -0.2) is 4.79 Å². The van der Waals surface area contributed by atoms with Crippen molar-refractivity contribution in [1.82, 2.24) is 0 Å². The van der Waals surface area contributed by atoms with Crippen molar-refractivity contribution in [2.75, 3.05) is 0 Å². The number of carboxylic acids is 1. The van der Waals surface area contributed by atoms with Crippen LogP contribution in [0.15, 0.2) is 11.6 Å². The highest BCUT2D eigenvalue weighted by Gasteiger charge is 2.12. The molecule has 0 rings (SSSR count). The Balaban J connectivity index is 4.68. The molecule has 0 radical (unpaired) electrons. The van der Waals surface area contributed by atoms with Crippen LogP contribution >= 0.6 is 0 Å². The summed E-state index contributed by atoms with van der Waals surface area (Å²) in [7, 11) is 0. The molecule has 0 aromatic heterocycles. The number of nitrogens with zero attached hydrogens (tertiary/aromatic N) is 1. The average molecular weight is 153 g/mol. The highest BCUT2D eigenvalue weighted by Crippen LogP contribution is 2.17. The normalized spacial score (nSPS) is 12.4. The minimum Gasteiger partial charge on any atom is -0.477 e. The fourth-order valence-electron chi connectivity index (χ4n) is 0.575. The van der Waals surface area contributed by atoms with E-state index in [1.165, 1.54) is 6.08 Å². The Morgan fingerprint density at radius 1 is 1.55 bits per heavy atom. The van der Waals surface area contributed by atoms with Crippen molar-refractivity contribution in [2.24, 2.45) is 5.41 Å². The molecule has 11 heavy (non-hydrogen) atoms. The first-order valence-electron chi connectivity index (χ1n) is 3.23. The zero-order valence-corrected chi connectivity index (χ0v) is 6.88. The number of carbonyl (C=O) groups is 1. The smallest absolute Gasteiger partial charge is 0.346 e. The van der Waals surface area contributed by atoms with Crippen LogP contribution in [0.25, 0.3) is 0 Å². The van der Waals surface area contributed by atoms with Crippen molar-refractivity contribution in [3.63, 3.8) is 0 Å². The van der Waals surface area contributed by atoms with Crippen LogP contribution in [0.5, 0.6) is 0 Å². The number of hydrogen-bond donors (Lipinski definition) is 1. The summed E-state index contributed by atoms with van der Waals surface area (Å²) < 4.78 is 0. The van der Waals surface area contributed by atoms with Gasteiger partial charge in [0.2, 0.25) is 0 Å². The molecule has 1 N–H and O–H groups in total. The third-order valence-corrected chi connectivity index (χ3v) is 0.928. The van der Waals surface area contributed by atoms with E-state index in [2.05, 4.69) is 0 Å². The van der Waals surface area contributed by atoms with Gasteiger partial charge < -0.3 is 5.11 Å². The Kier molecular flexibility index (Phi) is 2.82. The molecule has 0 aromatic carbocycles. The molecule has 0 aliphatic rings. The predicted molar refractivity (Wildman–Crippen MR) is 40.8 cm³/mol. The van der Waals surface area contributed by atoms with Crippen LogP contribution in [-0.4, -0.2) is 11.1 Å². The van der Waals surface area contributed by atoms with Crippen molar-refractivity contribution in [3.05, 3.63) is 11.6 Å². The number of allylic oxidation sites excluding steroid dienone is 1. The number of hydrogen-bond acceptors (Lipinski definition) is 2. The molecule has 0 aromatic rings. The Morgan fingerprint density at radius 3 is 2.09 bits per heavy atom. The van der Waals surface area contributed by atoms with Crippen LogP contribution in [0.1, 0.15) is 20.8 Å². The molecule has 0 saturated carbocycles. The molecule has 0 fully saturated rings. The molecule has 0 spiro atoms. The summed E-state index contributed by atoms with van der Waals surface area (Å²) in [4.78, 5) is 10.3. The quantitative estimate of drug-likeness (QED) is 0.459. The van der Waals surface area contributed by atoms with E-state index in [1.54, 1.807) is 6.07 Å². The van der Waals surface area contributed by atoms with Crippen molar-refractivity contribution < 1.29 is 9.90 Å². The molecule has 3 nitrogen and oxygen atoms in total. The van der Waals surface area contributed by atoms with Crippen molar-refractivity contribution in [2.45, 2.75) is 20.8 Å². The van der Waals surface area contributed by atoms with Gasteiger partial charge in [0.1, 0.15) is 11.6 Å². The van der Waals surface area contributed by atoms with Crippen molar-refractivity contribution in [1.29, 1.82) is 5.26 Å². The van der Waals surface area contributed by atoms with E-state index in [4.69, 9.17) is 10.4 Å². The standard InChI is InChI=1S/C8H11NO2/c1-8(2,3)4-6(5-9)7(10)11/h4H,1-3H3,(H,10,11)/b6-4+. The van der Waals surface area contributed by atoms with Gasteiger partial charge in [-0.15, -0.1) is 0 Å². The fraction of sp³-hybridized carbons (Fsp3) is 0.500. The Morgan fingerprint density at radius 2 is 2.00 bits per heavy atom. The molecule has 0 bridgehead atoms. The molecule has 0 aliphatic carbocycles. The highest BCUT2D eigenvalue weighted by molar-refractivity contribution is 5.91. The summed E-state index contributed by atoms with van der Waals surface area (Å²) in [5.74, 6) is -1.16. The van der Waals surface area contributed by atoms with Crippen LogP contribution in [0, 0.1) is 16.7 Å². The first-order chi connectivity index (χ1) is 4.87. The highest BCUT2D eigenvalue weighted by atomic mass is 16.4. The molecule has 0 unspecified atom stereocenters. The lowest BCUT2D eigenvalue weighted by Gasteiger charge is -2.10. The third kappa shape index (κ3) is 4.15. The Hall–Kier alpha value is -1.30. The number of nitriles is 1. The summed E-state index contributed by atoms with van der Waals surface area (Å²) in [5.41, 5.74) is -0.457. The molecule has 3 heteroatoms. The fourth-order valence-corrected chi connectivity index (χ4v) is 0.575. The lowest BCUT2D eigenvalue weighted by Crippen LogP contribution is -2.06. The molecule has 0 amide bonds. The van der Waals surface area contributed by atoms with Gasteiger partial charge in [-0.2, -0.15) is 5.26 Å². The zero-order valence-electron chi connectivity index (χ0n) is 6.88. The topological polar surface area (TPSA) is 61.1 Å². The minimum absolute atomic E-state index is 0.197. The lowest BCUT2D eigenvalue weighted by atomic mass is 9.94. The second-order valence-corrected chi connectivity index (χ2v) is 3.34. The van der Waals surface area contributed by atoms with E-state index in [1.807, 2.05) is 20.8 Å². The molecule has 0 saturated heterocycles. The summed E-state index contributed by atoms with van der Waals surface area (Å²) in [6, 6.07) is 1.62. The average Bonchev–Trinajstić information content (AvgIpc) is 1.80. The number of carboxylic acid groups (broad SMARTS) is 1. The van der Waals surface area contributed by atoms with E-state index >= 15 is 0 Å². The molecule has 0 heterocycles. The van der Waals surface area contributed by atoms with Gasteiger partial charge in [0.25, 0.3) is 0 Å². The van der Waals surface area contributed by atoms with Gasteiger partial charge in [0.05, 0.1) is 0 Å². The van der Waals surface area contributed by atoms with Gasteiger partial charge in [-0.05, 0) is 5.41 Å². The SMILES string of the molecule is CC(C)(C)/C=C(\C#N)C(=O)O. The maximum absolute atomic E-state index is 10.3. The van der Waals surface area contributed by atoms with Crippen molar-refractivity contribution in [3.8, 4) is 6.07 Å².